The molecule has 0 unspecified atom stereocenters. The number of hydrogen-bond acceptors (Lipinski definition) is 6. The number of nitrogens with one attached hydrogen (secondary N) is 1. The minimum Gasteiger partial charge on any atom is -0.452 e. The van der Waals surface area contributed by atoms with Gasteiger partial charge in [0, 0.05) is 5.56 Å². The highest BCUT2D eigenvalue weighted by Crippen LogP contribution is 2.23. The number of nitriles is 1. The number of carbonyl (C=O) groups excluding carboxylic acids is 2. The molecule has 8 nitrogen and oxygen atoms in total. The van der Waals surface area contributed by atoms with E-state index in [-0.39, 0.29) is 17.2 Å². The number of carbonyl (C=O) groups is 2. The highest BCUT2D eigenvalue weighted by Gasteiger charge is 2.30. The maximum atomic E-state index is 12.0. The second-order valence-corrected chi connectivity index (χ2v) is 5.82. The topological polar surface area (TPSA) is 122 Å². The van der Waals surface area contributed by atoms with Crippen LogP contribution >= 0.6 is 0 Å². The van der Waals surface area contributed by atoms with Crippen LogP contribution in [0.1, 0.15) is 36.7 Å². The van der Waals surface area contributed by atoms with Crippen molar-refractivity contribution in [3.63, 3.8) is 0 Å². The van der Waals surface area contributed by atoms with E-state index in [0.717, 1.165) is 0 Å². The van der Waals surface area contributed by atoms with Gasteiger partial charge < -0.3 is 10.1 Å². The SMILES string of the molecule is Cc1cccc(C(=O)OCC(=O)N[C@](C)(C#N)C(C)C)c1[N+](=O)[O-]. The Hall–Kier alpha value is -2.95. The van der Waals surface area contributed by atoms with Crippen LogP contribution in [0, 0.1) is 34.3 Å². The van der Waals surface area contributed by atoms with E-state index < -0.39 is 28.9 Å². The molecule has 128 valence electrons. The largest absolute Gasteiger partial charge is 0.452 e. The fourth-order valence-corrected chi connectivity index (χ4v) is 1.90. The number of aryl methyl sites for hydroxylation is 1. The zero-order valence-corrected chi connectivity index (χ0v) is 14.0. The highest BCUT2D eigenvalue weighted by atomic mass is 16.6. The molecule has 1 amide bonds. The van der Waals surface area contributed by atoms with Gasteiger partial charge in [-0.2, -0.15) is 5.26 Å². The normalized spacial score (nSPS) is 12.8. The number of hydrogen-bond donors (Lipinski definition) is 1. The molecule has 1 atom stereocenters. The number of benzene rings is 1. The van der Waals surface area contributed by atoms with Crippen molar-refractivity contribution in [3.05, 3.63) is 39.4 Å². The van der Waals surface area contributed by atoms with E-state index in [2.05, 4.69) is 5.32 Å². The standard InChI is InChI=1S/C16H19N3O5/c1-10(2)16(4,9-17)18-13(20)8-24-15(21)12-7-5-6-11(3)14(12)19(22)23/h5-7,10H,8H2,1-4H3,(H,18,20)/t16-/m1/s1. The molecule has 24 heavy (non-hydrogen) atoms. The molecule has 1 aromatic rings. The maximum Gasteiger partial charge on any atom is 0.345 e. The van der Waals surface area contributed by atoms with Crippen molar-refractivity contribution >= 4 is 17.6 Å². The lowest BCUT2D eigenvalue weighted by Gasteiger charge is -2.27. The zero-order chi connectivity index (χ0) is 18.5. The van der Waals surface area contributed by atoms with Crippen LogP contribution in [0.15, 0.2) is 18.2 Å². The summed E-state index contributed by atoms with van der Waals surface area (Å²) in [4.78, 5) is 34.3. The molecule has 0 aliphatic heterocycles. The van der Waals surface area contributed by atoms with Crippen LogP contribution in [0.3, 0.4) is 0 Å². The second kappa shape index (κ2) is 7.55. The van der Waals surface area contributed by atoms with Crippen LogP contribution in [0.25, 0.3) is 0 Å². The van der Waals surface area contributed by atoms with Gasteiger partial charge in [-0.15, -0.1) is 0 Å². The summed E-state index contributed by atoms with van der Waals surface area (Å²) in [6.07, 6.45) is 0. The second-order valence-electron chi connectivity index (χ2n) is 5.82. The van der Waals surface area contributed by atoms with Crippen molar-refractivity contribution in [1.82, 2.24) is 5.32 Å². The molecule has 0 heterocycles. The number of amides is 1. The Kier molecular flexibility index (Phi) is 6.01. The summed E-state index contributed by atoms with van der Waals surface area (Å²) >= 11 is 0. The molecule has 8 heteroatoms. The summed E-state index contributed by atoms with van der Waals surface area (Å²) < 4.78 is 4.84. The van der Waals surface area contributed by atoms with Crippen LogP contribution in [-0.2, 0) is 9.53 Å². The number of esters is 1. The van der Waals surface area contributed by atoms with Gasteiger partial charge in [-0.1, -0.05) is 26.0 Å². The van der Waals surface area contributed by atoms with E-state index in [4.69, 9.17) is 10.00 Å². The van der Waals surface area contributed by atoms with Gasteiger partial charge in [0.1, 0.15) is 11.1 Å². The molecule has 1 aromatic carbocycles. The van der Waals surface area contributed by atoms with Crippen LogP contribution in [0.4, 0.5) is 5.69 Å². The monoisotopic (exact) mass is 333 g/mol. The molecule has 1 rings (SSSR count). The smallest absolute Gasteiger partial charge is 0.345 e. The van der Waals surface area contributed by atoms with Crippen molar-refractivity contribution in [3.8, 4) is 6.07 Å². The number of para-hydroxylation sites is 1. The molecule has 0 aromatic heterocycles. The number of ether oxygens (including phenoxy) is 1. The van der Waals surface area contributed by atoms with Crippen molar-refractivity contribution in [2.45, 2.75) is 33.2 Å². The Balaban J connectivity index is 2.81. The molecule has 1 N–H and O–H groups in total. The van der Waals surface area contributed by atoms with E-state index in [1.54, 1.807) is 20.8 Å². The third kappa shape index (κ3) is 4.29. The van der Waals surface area contributed by atoms with E-state index >= 15 is 0 Å². The van der Waals surface area contributed by atoms with Crippen molar-refractivity contribution < 1.29 is 19.2 Å². The lowest BCUT2D eigenvalue weighted by atomic mass is 9.90. The van der Waals surface area contributed by atoms with Gasteiger partial charge in [0.2, 0.25) is 0 Å². The van der Waals surface area contributed by atoms with Crippen molar-refractivity contribution in [2.75, 3.05) is 6.61 Å². The summed E-state index contributed by atoms with van der Waals surface area (Å²) in [6.45, 7) is 5.97. The van der Waals surface area contributed by atoms with Crippen molar-refractivity contribution in [1.29, 1.82) is 5.26 Å². The average Bonchev–Trinajstić information content (AvgIpc) is 2.51. The van der Waals surface area contributed by atoms with Gasteiger partial charge in [0.25, 0.3) is 11.6 Å². The lowest BCUT2D eigenvalue weighted by Crippen LogP contribution is -2.50. The van der Waals surface area contributed by atoms with Crippen molar-refractivity contribution in [2.24, 2.45) is 5.92 Å². The Bertz CT molecular complexity index is 708. The predicted molar refractivity (Wildman–Crippen MR) is 85.1 cm³/mol. The molecular weight excluding hydrogens is 314 g/mol. The van der Waals surface area contributed by atoms with Crippen LogP contribution in [0.5, 0.6) is 0 Å². The van der Waals surface area contributed by atoms with Gasteiger partial charge >= 0.3 is 5.97 Å². The summed E-state index contributed by atoms with van der Waals surface area (Å²) in [6, 6.07) is 6.25. The van der Waals surface area contributed by atoms with E-state index in [9.17, 15) is 19.7 Å². The fraction of sp³-hybridized carbons (Fsp3) is 0.438. The van der Waals surface area contributed by atoms with E-state index in [1.165, 1.54) is 25.1 Å². The maximum absolute atomic E-state index is 12.0. The molecule has 0 radical (unpaired) electrons. The summed E-state index contributed by atoms with van der Waals surface area (Å²) in [5.41, 5.74) is -1.36. The van der Waals surface area contributed by atoms with Gasteiger partial charge in [-0.05, 0) is 25.8 Å². The predicted octanol–water partition coefficient (Wildman–Crippen LogP) is 2.11. The third-order valence-electron chi connectivity index (χ3n) is 3.76. The lowest BCUT2D eigenvalue weighted by molar-refractivity contribution is -0.385. The molecule has 0 aliphatic carbocycles. The molecule has 0 saturated heterocycles. The van der Waals surface area contributed by atoms with E-state index in [0.29, 0.717) is 5.56 Å². The number of nitro groups is 1. The van der Waals surface area contributed by atoms with Gasteiger partial charge in [0.05, 0.1) is 11.0 Å². The minimum absolute atomic E-state index is 0.153. The fourth-order valence-electron chi connectivity index (χ4n) is 1.90. The Labute approximate surface area is 139 Å². The Morgan fingerprint density at radius 2 is 2.08 bits per heavy atom. The quantitative estimate of drug-likeness (QED) is 0.483. The van der Waals surface area contributed by atoms with Crippen LogP contribution < -0.4 is 5.32 Å². The summed E-state index contributed by atoms with van der Waals surface area (Å²) in [7, 11) is 0. The summed E-state index contributed by atoms with van der Waals surface area (Å²) in [5, 5.41) is 22.7. The zero-order valence-electron chi connectivity index (χ0n) is 14.0. The first-order chi connectivity index (χ1) is 11.1. The average molecular weight is 333 g/mol. The summed E-state index contributed by atoms with van der Waals surface area (Å²) in [5.74, 6) is -1.78. The van der Waals surface area contributed by atoms with E-state index in [1.807, 2.05) is 6.07 Å². The molecule has 0 aliphatic rings. The minimum atomic E-state index is -1.10. The Morgan fingerprint density at radius 3 is 2.58 bits per heavy atom. The first-order valence-corrected chi connectivity index (χ1v) is 7.25. The van der Waals surface area contributed by atoms with Gasteiger partial charge in [-0.25, -0.2) is 4.79 Å². The molecule has 0 saturated carbocycles. The molecule has 0 bridgehead atoms. The third-order valence-corrected chi connectivity index (χ3v) is 3.76. The first kappa shape index (κ1) is 19.1. The highest BCUT2D eigenvalue weighted by molar-refractivity contribution is 5.95. The molecular formula is C16H19N3O5. The van der Waals surface area contributed by atoms with Crippen LogP contribution in [0.2, 0.25) is 0 Å². The van der Waals surface area contributed by atoms with Gasteiger partial charge in [-0.3, -0.25) is 14.9 Å². The number of nitrogens with zero attached hydrogens (tertiary/aromatic N) is 2. The molecule has 0 fully saturated rings. The first-order valence-electron chi connectivity index (χ1n) is 7.25. The Morgan fingerprint density at radius 1 is 1.46 bits per heavy atom. The molecule has 0 spiro atoms. The number of rotatable bonds is 6. The van der Waals surface area contributed by atoms with Gasteiger partial charge in [0.15, 0.2) is 6.61 Å². The van der Waals surface area contributed by atoms with Crippen LogP contribution in [-0.4, -0.2) is 28.9 Å². The number of nitro benzene ring substituents is 1.